The van der Waals surface area contributed by atoms with E-state index in [2.05, 4.69) is 16.8 Å². The number of aryl methyl sites for hydroxylation is 2. The molecule has 0 aliphatic carbocycles. The highest BCUT2D eigenvalue weighted by atomic mass is 16.6. The van der Waals surface area contributed by atoms with Crippen LogP contribution in [0.1, 0.15) is 56.2 Å². The summed E-state index contributed by atoms with van der Waals surface area (Å²) in [5, 5.41) is 12.6. The van der Waals surface area contributed by atoms with Gasteiger partial charge in [0.25, 0.3) is 0 Å². The highest BCUT2D eigenvalue weighted by molar-refractivity contribution is 5.75. The molecule has 1 aromatic carbocycles. The smallest absolute Gasteiger partial charge is 0.410 e. The molecule has 4 rings (SSSR count). The van der Waals surface area contributed by atoms with E-state index in [9.17, 15) is 14.7 Å². The van der Waals surface area contributed by atoms with Crippen LogP contribution in [0.3, 0.4) is 0 Å². The summed E-state index contributed by atoms with van der Waals surface area (Å²) in [6, 6.07) is 8.80. The highest BCUT2D eigenvalue weighted by Gasteiger charge is 2.39. The first-order valence-electron chi connectivity index (χ1n) is 14.1. The van der Waals surface area contributed by atoms with E-state index in [1.54, 1.807) is 11.8 Å². The summed E-state index contributed by atoms with van der Waals surface area (Å²) < 4.78 is 13.4. The van der Waals surface area contributed by atoms with Crippen LogP contribution in [-0.4, -0.2) is 82.1 Å². The molecule has 1 aromatic heterocycles. The van der Waals surface area contributed by atoms with Gasteiger partial charge in [0.1, 0.15) is 12.4 Å². The maximum absolute atomic E-state index is 13.8. The van der Waals surface area contributed by atoms with Gasteiger partial charge in [0, 0.05) is 45.6 Å². The topological polar surface area (TPSA) is 109 Å². The number of rotatable bonds is 10. The second kappa shape index (κ2) is 13.8. The molecule has 39 heavy (non-hydrogen) atoms. The Kier molecular flexibility index (Phi) is 10.2. The summed E-state index contributed by atoms with van der Waals surface area (Å²) in [5.74, 6) is 1.16. The number of aliphatic hydroxyl groups is 1. The molecule has 3 atom stereocenters. The lowest BCUT2D eigenvalue weighted by Gasteiger charge is -2.40. The number of aliphatic hydroxyl groups excluding tert-OH is 1. The lowest BCUT2D eigenvalue weighted by molar-refractivity contribution is 0.0268. The first kappa shape index (κ1) is 28.9. The van der Waals surface area contributed by atoms with E-state index < -0.39 is 0 Å². The molecule has 0 bridgehead atoms. The summed E-state index contributed by atoms with van der Waals surface area (Å²) in [6.45, 7) is 9.59. The summed E-state index contributed by atoms with van der Waals surface area (Å²) in [7, 11) is 0. The molecule has 3 heterocycles. The molecule has 3 amide bonds. The molecule has 214 valence electrons. The third kappa shape index (κ3) is 7.51. The van der Waals surface area contributed by atoms with Crippen LogP contribution >= 0.6 is 0 Å². The minimum Gasteiger partial charge on any atom is -0.445 e. The number of likely N-dealkylation sites (tertiary alicyclic amines) is 1. The normalized spacial score (nSPS) is 19.5. The van der Waals surface area contributed by atoms with Crippen LogP contribution in [0.15, 0.2) is 36.5 Å². The van der Waals surface area contributed by atoms with Crippen molar-refractivity contribution in [2.24, 2.45) is 11.8 Å². The molecule has 2 fully saturated rings. The molecule has 2 aromatic rings. The van der Waals surface area contributed by atoms with E-state index in [4.69, 9.17) is 14.5 Å². The van der Waals surface area contributed by atoms with Crippen molar-refractivity contribution in [3.8, 4) is 0 Å². The van der Waals surface area contributed by atoms with Crippen molar-refractivity contribution in [3.63, 3.8) is 0 Å². The van der Waals surface area contributed by atoms with Crippen LogP contribution in [0, 0.1) is 18.8 Å². The Hall–Kier alpha value is -3.11. The van der Waals surface area contributed by atoms with Gasteiger partial charge < -0.3 is 34.3 Å². The van der Waals surface area contributed by atoms with Crippen molar-refractivity contribution in [2.45, 2.75) is 65.3 Å². The largest absolute Gasteiger partial charge is 0.445 e. The van der Waals surface area contributed by atoms with Gasteiger partial charge in [0.2, 0.25) is 0 Å². The molecule has 10 nitrogen and oxygen atoms in total. The predicted octanol–water partition coefficient (Wildman–Crippen LogP) is 3.73. The zero-order chi connectivity index (χ0) is 27.8. The zero-order valence-electron chi connectivity index (χ0n) is 23.4. The van der Waals surface area contributed by atoms with Crippen LogP contribution < -0.4 is 5.32 Å². The quantitative estimate of drug-likeness (QED) is 0.475. The number of hydrogen-bond acceptors (Lipinski definition) is 6. The molecule has 2 aliphatic rings. The van der Waals surface area contributed by atoms with Gasteiger partial charge in [0.05, 0.1) is 24.4 Å². The molecule has 10 heteroatoms. The van der Waals surface area contributed by atoms with E-state index in [1.807, 2.05) is 48.4 Å². The standard InChI is InChI=1S/C29H43N5O5/c1-4-32-16-21(2)30-27(32)26(25-11-14-38-15-12-25)34(28(36)31-22(3)19-35)18-24-10-13-33(17-24)29(37)39-20-23-8-6-5-7-9-23/h5-9,16,22,24-26,35H,4,10-15,17-20H2,1-3H3,(H,31,36)/t22-,24-,26+/m0/s1. The number of aromatic nitrogens is 2. The number of hydrogen-bond donors (Lipinski definition) is 2. The van der Waals surface area contributed by atoms with E-state index in [0.717, 1.165) is 42.9 Å². The highest BCUT2D eigenvalue weighted by Crippen LogP contribution is 2.36. The number of ether oxygens (including phenoxy) is 2. The monoisotopic (exact) mass is 541 g/mol. The number of amides is 3. The van der Waals surface area contributed by atoms with Gasteiger partial charge in [-0.25, -0.2) is 14.6 Å². The summed E-state index contributed by atoms with van der Waals surface area (Å²) in [5.41, 5.74) is 1.87. The van der Waals surface area contributed by atoms with Crippen molar-refractivity contribution in [3.05, 3.63) is 53.6 Å². The molecule has 0 unspecified atom stereocenters. The minimum absolute atomic E-state index is 0.0953. The van der Waals surface area contributed by atoms with Gasteiger partial charge in [-0.1, -0.05) is 30.3 Å². The fourth-order valence-electron chi connectivity index (χ4n) is 5.59. The molecule has 0 saturated carbocycles. The van der Waals surface area contributed by atoms with Crippen LogP contribution in [0.5, 0.6) is 0 Å². The number of urea groups is 1. The Morgan fingerprint density at radius 2 is 1.97 bits per heavy atom. The number of imidazole rings is 1. The Morgan fingerprint density at radius 1 is 1.23 bits per heavy atom. The van der Waals surface area contributed by atoms with Crippen molar-refractivity contribution in [1.82, 2.24) is 24.7 Å². The van der Waals surface area contributed by atoms with E-state index in [1.165, 1.54) is 0 Å². The minimum atomic E-state index is -0.379. The maximum atomic E-state index is 13.8. The summed E-state index contributed by atoms with van der Waals surface area (Å²) in [6.07, 6.45) is 4.16. The molecular weight excluding hydrogens is 498 g/mol. The van der Waals surface area contributed by atoms with Gasteiger partial charge in [-0.2, -0.15) is 0 Å². The second-order valence-electron chi connectivity index (χ2n) is 10.7. The van der Waals surface area contributed by atoms with Crippen molar-refractivity contribution in [2.75, 3.05) is 39.5 Å². The van der Waals surface area contributed by atoms with Crippen molar-refractivity contribution in [1.29, 1.82) is 0 Å². The number of nitrogens with one attached hydrogen (secondary N) is 1. The Bertz CT molecular complexity index is 1070. The van der Waals surface area contributed by atoms with Gasteiger partial charge in [0.15, 0.2) is 0 Å². The Labute approximate surface area is 231 Å². The van der Waals surface area contributed by atoms with E-state index in [0.29, 0.717) is 32.8 Å². The van der Waals surface area contributed by atoms with Gasteiger partial charge >= 0.3 is 12.1 Å². The summed E-state index contributed by atoms with van der Waals surface area (Å²) in [4.78, 5) is 35.1. The van der Waals surface area contributed by atoms with Crippen molar-refractivity contribution < 1.29 is 24.2 Å². The van der Waals surface area contributed by atoms with Crippen LogP contribution in [0.4, 0.5) is 9.59 Å². The average Bonchev–Trinajstić information content (AvgIpc) is 3.58. The van der Waals surface area contributed by atoms with E-state index in [-0.39, 0.29) is 49.3 Å². The Morgan fingerprint density at radius 3 is 2.67 bits per heavy atom. The number of carbonyl (C=O) groups is 2. The number of nitrogens with zero attached hydrogens (tertiary/aromatic N) is 4. The molecule has 2 aliphatic heterocycles. The lowest BCUT2D eigenvalue weighted by atomic mass is 9.89. The lowest BCUT2D eigenvalue weighted by Crippen LogP contribution is -2.51. The molecule has 0 spiro atoms. The van der Waals surface area contributed by atoms with Gasteiger partial charge in [-0.3, -0.25) is 0 Å². The van der Waals surface area contributed by atoms with Gasteiger partial charge in [-0.15, -0.1) is 0 Å². The molecular formula is C29H43N5O5. The zero-order valence-corrected chi connectivity index (χ0v) is 23.4. The first-order valence-corrected chi connectivity index (χ1v) is 14.1. The van der Waals surface area contributed by atoms with Crippen LogP contribution in [0.2, 0.25) is 0 Å². The predicted molar refractivity (Wildman–Crippen MR) is 147 cm³/mol. The third-order valence-corrected chi connectivity index (χ3v) is 7.69. The van der Waals surface area contributed by atoms with Crippen LogP contribution in [0.25, 0.3) is 0 Å². The first-order chi connectivity index (χ1) is 18.9. The third-order valence-electron chi connectivity index (χ3n) is 7.69. The molecule has 2 saturated heterocycles. The van der Waals surface area contributed by atoms with Gasteiger partial charge in [-0.05, 0) is 57.4 Å². The average molecular weight is 542 g/mol. The molecule has 2 N–H and O–H groups in total. The molecule has 0 radical (unpaired) electrons. The van der Waals surface area contributed by atoms with Crippen LogP contribution in [-0.2, 0) is 22.6 Å². The number of carbonyl (C=O) groups excluding carboxylic acids is 2. The summed E-state index contributed by atoms with van der Waals surface area (Å²) >= 11 is 0. The number of benzene rings is 1. The second-order valence-corrected chi connectivity index (χ2v) is 10.7. The maximum Gasteiger partial charge on any atom is 0.410 e. The Balaban J connectivity index is 1.53. The van der Waals surface area contributed by atoms with E-state index >= 15 is 0 Å². The fourth-order valence-corrected chi connectivity index (χ4v) is 5.59. The SMILES string of the molecule is CCn1cc(C)nc1[C@@H](C1CCOCC1)N(C[C@H]1CCN(C(=O)OCc2ccccc2)C1)C(=O)N[C@@H](C)CO. The van der Waals surface area contributed by atoms with Crippen molar-refractivity contribution >= 4 is 12.1 Å². The fraction of sp³-hybridized carbons (Fsp3) is 0.621.